The van der Waals surface area contributed by atoms with Crippen LogP contribution in [-0.4, -0.2) is 59.3 Å². The average Bonchev–Trinajstić information content (AvgIpc) is 3.27. The van der Waals surface area contributed by atoms with Crippen molar-refractivity contribution in [3.63, 3.8) is 0 Å². The fourth-order valence-electron chi connectivity index (χ4n) is 3.25. The van der Waals surface area contributed by atoms with Crippen LogP contribution in [0.1, 0.15) is 11.8 Å². The number of aliphatic hydroxyl groups is 1. The molecule has 0 saturated carbocycles. The smallest absolute Gasteiger partial charge is 0.387 e. The summed E-state index contributed by atoms with van der Waals surface area (Å²) < 4.78 is 28.9. The Kier molecular flexibility index (Phi) is 5.80. The molecule has 3 heterocycles. The molecule has 30 heavy (non-hydrogen) atoms. The number of fused-ring (bicyclic) bond motifs is 1. The molecule has 0 spiro atoms. The number of nitrogens with two attached hydrogens (primary N) is 1. The first-order valence-corrected chi connectivity index (χ1v) is 10.5. The van der Waals surface area contributed by atoms with E-state index in [1.807, 2.05) is 30.3 Å². The number of hydrogen-bond acceptors (Lipinski definition) is 9. The van der Waals surface area contributed by atoms with Gasteiger partial charge < -0.3 is 30.1 Å². The van der Waals surface area contributed by atoms with Crippen LogP contribution in [0.4, 0.5) is 5.82 Å². The zero-order valence-corrected chi connectivity index (χ0v) is 16.4. The molecule has 1 saturated heterocycles. The van der Waals surface area contributed by atoms with Gasteiger partial charge in [0.1, 0.15) is 30.2 Å². The normalized spacial score (nSPS) is 24.5. The van der Waals surface area contributed by atoms with Crippen molar-refractivity contribution < 1.29 is 33.5 Å². The Morgan fingerprint density at radius 1 is 1.20 bits per heavy atom. The number of aromatic nitrogens is 4. The molecule has 4 rings (SSSR count). The highest BCUT2D eigenvalue weighted by Crippen LogP contribution is 2.39. The highest BCUT2D eigenvalue weighted by Gasteiger charge is 2.47. The number of rotatable bonds is 7. The molecule has 1 fully saturated rings. The number of phosphoric ester groups is 1. The molecule has 0 amide bonds. The number of phosphoric acid groups is 1. The molecule has 13 heteroatoms. The lowest BCUT2D eigenvalue weighted by Crippen LogP contribution is -2.35. The Hall–Kier alpha value is -2.44. The third kappa shape index (κ3) is 4.35. The SMILES string of the molecule is Nc1ncnc2c1ncn2[C@@H]1O[C@H](COP(=O)(O)O)[C@@H](O)[C@@H]1OCc1ccccc1. The monoisotopic (exact) mass is 437 g/mol. The zero-order chi connectivity index (χ0) is 21.3. The van der Waals surface area contributed by atoms with E-state index < -0.39 is 39.0 Å². The summed E-state index contributed by atoms with van der Waals surface area (Å²) in [7, 11) is -4.74. The summed E-state index contributed by atoms with van der Waals surface area (Å²) in [6.45, 7) is -0.352. The molecule has 5 N–H and O–H groups in total. The van der Waals surface area contributed by atoms with Crippen LogP contribution in [0.15, 0.2) is 43.0 Å². The maximum atomic E-state index is 11.1. The number of ether oxygens (including phenoxy) is 2. The van der Waals surface area contributed by atoms with E-state index >= 15 is 0 Å². The van der Waals surface area contributed by atoms with Gasteiger partial charge in [-0.05, 0) is 5.56 Å². The van der Waals surface area contributed by atoms with E-state index in [0.29, 0.717) is 11.2 Å². The molecule has 0 aliphatic carbocycles. The van der Waals surface area contributed by atoms with E-state index in [2.05, 4.69) is 19.5 Å². The summed E-state index contributed by atoms with van der Waals surface area (Å²) >= 11 is 0. The number of imidazole rings is 1. The van der Waals surface area contributed by atoms with Gasteiger partial charge in [0, 0.05) is 0 Å². The topological polar surface area (TPSA) is 175 Å². The molecule has 0 radical (unpaired) electrons. The van der Waals surface area contributed by atoms with Crippen molar-refractivity contribution in [2.75, 3.05) is 12.3 Å². The highest BCUT2D eigenvalue weighted by atomic mass is 31.2. The lowest BCUT2D eigenvalue weighted by atomic mass is 10.1. The van der Waals surface area contributed by atoms with Gasteiger partial charge in [0.25, 0.3) is 0 Å². The predicted octanol–water partition coefficient (Wildman–Crippen LogP) is 0.361. The standard InChI is InChI=1S/C17H20N5O7P/c18-15-12-16(20-8-19-15)22(9-21-12)17-14(27-6-10-4-2-1-3-5-10)13(23)11(29-17)7-28-30(24,25)26/h1-5,8-9,11,13-14,17,23H,6-7H2,(H2,18,19,20)(H2,24,25,26)/t11-,13-,14+,17-/m1/s1. The molecule has 0 bridgehead atoms. The summed E-state index contributed by atoms with van der Waals surface area (Å²) in [4.78, 5) is 30.2. The number of aliphatic hydroxyl groups excluding tert-OH is 1. The molecule has 0 unspecified atom stereocenters. The first kappa shape index (κ1) is 20.8. The van der Waals surface area contributed by atoms with Crippen LogP contribution in [0, 0.1) is 0 Å². The summed E-state index contributed by atoms with van der Waals surface area (Å²) in [5.74, 6) is 0.181. The second-order valence-electron chi connectivity index (χ2n) is 6.69. The second-order valence-corrected chi connectivity index (χ2v) is 7.93. The minimum absolute atomic E-state index is 0.179. The first-order chi connectivity index (χ1) is 14.3. The number of anilines is 1. The number of benzene rings is 1. The lowest BCUT2D eigenvalue weighted by molar-refractivity contribution is -0.0759. The predicted molar refractivity (Wildman–Crippen MR) is 103 cm³/mol. The Morgan fingerprint density at radius 3 is 2.70 bits per heavy atom. The fraction of sp³-hybridized carbons (Fsp3) is 0.353. The highest BCUT2D eigenvalue weighted by molar-refractivity contribution is 7.46. The number of nitrogen functional groups attached to an aromatic ring is 1. The van der Waals surface area contributed by atoms with Gasteiger partial charge in [0.15, 0.2) is 17.7 Å². The van der Waals surface area contributed by atoms with Crippen LogP contribution in [0.25, 0.3) is 11.2 Å². The van der Waals surface area contributed by atoms with E-state index in [4.69, 9.17) is 25.0 Å². The average molecular weight is 437 g/mol. The Labute approximate surface area is 170 Å². The van der Waals surface area contributed by atoms with Crippen molar-refractivity contribution in [1.82, 2.24) is 19.5 Å². The molecule has 1 aliphatic heterocycles. The van der Waals surface area contributed by atoms with Gasteiger partial charge >= 0.3 is 7.82 Å². The van der Waals surface area contributed by atoms with Crippen molar-refractivity contribution in [2.24, 2.45) is 0 Å². The maximum Gasteiger partial charge on any atom is 0.469 e. The third-order valence-electron chi connectivity index (χ3n) is 4.67. The molecule has 2 aromatic heterocycles. The van der Waals surface area contributed by atoms with Crippen molar-refractivity contribution in [2.45, 2.75) is 31.1 Å². The van der Waals surface area contributed by atoms with Crippen LogP contribution >= 0.6 is 7.82 Å². The van der Waals surface area contributed by atoms with Gasteiger partial charge in [-0.15, -0.1) is 0 Å². The molecule has 4 atom stereocenters. The van der Waals surface area contributed by atoms with Gasteiger partial charge in [-0.3, -0.25) is 9.09 Å². The van der Waals surface area contributed by atoms with Gasteiger partial charge in [-0.2, -0.15) is 0 Å². The van der Waals surface area contributed by atoms with Gasteiger partial charge in [-0.25, -0.2) is 19.5 Å². The van der Waals surface area contributed by atoms with Crippen molar-refractivity contribution in [3.8, 4) is 0 Å². The summed E-state index contributed by atoms with van der Waals surface area (Å²) in [5.41, 5.74) is 7.43. The maximum absolute atomic E-state index is 11.1. The number of nitrogens with zero attached hydrogens (tertiary/aromatic N) is 4. The summed E-state index contributed by atoms with van der Waals surface area (Å²) in [6, 6.07) is 9.32. The molecule has 160 valence electrons. The van der Waals surface area contributed by atoms with E-state index in [-0.39, 0.29) is 12.4 Å². The van der Waals surface area contributed by atoms with E-state index in [1.165, 1.54) is 17.2 Å². The quantitative estimate of drug-likeness (QED) is 0.376. The van der Waals surface area contributed by atoms with Gasteiger partial charge in [0.2, 0.25) is 0 Å². The molecule has 1 aromatic carbocycles. The molecule has 12 nitrogen and oxygen atoms in total. The molecule has 1 aliphatic rings. The van der Waals surface area contributed by atoms with Crippen LogP contribution in [0.5, 0.6) is 0 Å². The molecule has 3 aromatic rings. The summed E-state index contributed by atoms with van der Waals surface area (Å²) in [5, 5.41) is 10.7. The van der Waals surface area contributed by atoms with Crippen molar-refractivity contribution in [1.29, 1.82) is 0 Å². The fourth-order valence-corrected chi connectivity index (χ4v) is 3.59. The van der Waals surface area contributed by atoms with Gasteiger partial charge in [0.05, 0.1) is 19.5 Å². The molecular weight excluding hydrogens is 417 g/mol. The van der Waals surface area contributed by atoms with Crippen LogP contribution in [0.3, 0.4) is 0 Å². The van der Waals surface area contributed by atoms with Crippen LogP contribution in [0.2, 0.25) is 0 Å². The van der Waals surface area contributed by atoms with Crippen molar-refractivity contribution >= 4 is 24.8 Å². The largest absolute Gasteiger partial charge is 0.469 e. The Balaban J connectivity index is 1.62. The van der Waals surface area contributed by atoms with Gasteiger partial charge in [-0.1, -0.05) is 30.3 Å². The van der Waals surface area contributed by atoms with Crippen molar-refractivity contribution in [3.05, 3.63) is 48.5 Å². The minimum atomic E-state index is -4.74. The third-order valence-corrected chi connectivity index (χ3v) is 5.15. The Morgan fingerprint density at radius 2 is 1.97 bits per heavy atom. The summed E-state index contributed by atoms with van der Waals surface area (Å²) in [6.07, 6.45) is -1.38. The zero-order valence-electron chi connectivity index (χ0n) is 15.6. The van der Waals surface area contributed by atoms with E-state index in [1.54, 1.807) is 0 Å². The first-order valence-electron chi connectivity index (χ1n) is 8.95. The minimum Gasteiger partial charge on any atom is -0.387 e. The Bertz CT molecular complexity index is 1060. The van der Waals surface area contributed by atoms with E-state index in [9.17, 15) is 9.67 Å². The second kappa shape index (κ2) is 8.36. The molecular formula is C17H20N5O7P. The number of hydrogen-bond donors (Lipinski definition) is 4. The van der Waals surface area contributed by atoms with Crippen LogP contribution in [-0.2, 0) is 25.2 Å². The van der Waals surface area contributed by atoms with Crippen LogP contribution < -0.4 is 5.73 Å². The van der Waals surface area contributed by atoms with E-state index in [0.717, 1.165) is 5.56 Å². The lowest BCUT2D eigenvalue weighted by Gasteiger charge is -2.22.